The number of hydrogen-bond donors (Lipinski definition) is 3. The first-order chi connectivity index (χ1) is 14.0. The Kier molecular flexibility index (Phi) is 7.94. The molecule has 0 amide bonds. The van der Waals surface area contributed by atoms with Gasteiger partial charge in [0.15, 0.2) is 5.11 Å². The van der Waals surface area contributed by atoms with Gasteiger partial charge in [0.05, 0.1) is 12.6 Å². The van der Waals surface area contributed by atoms with E-state index in [9.17, 15) is 0 Å². The number of hydrazine groups is 1. The number of furan rings is 1. The van der Waals surface area contributed by atoms with Crippen molar-refractivity contribution in [3.8, 4) is 11.3 Å². The molecule has 1 unspecified atom stereocenters. The second-order valence-electron chi connectivity index (χ2n) is 7.16. The van der Waals surface area contributed by atoms with Crippen molar-refractivity contribution in [2.45, 2.75) is 25.3 Å². The topological polar surface area (TPSA) is 61.7 Å². The molecule has 0 radical (unpaired) electrons. The van der Waals surface area contributed by atoms with Crippen LogP contribution < -0.4 is 16.2 Å². The predicted octanol–water partition coefficient (Wildman–Crippen LogP) is 4.21. The van der Waals surface area contributed by atoms with Crippen molar-refractivity contribution in [1.82, 2.24) is 21.1 Å². The normalized spacial score (nSPS) is 16.1. The Morgan fingerprint density at radius 3 is 2.90 bits per heavy atom. The van der Waals surface area contributed by atoms with Gasteiger partial charge in [-0.2, -0.15) is 0 Å². The maximum absolute atomic E-state index is 6.12. The van der Waals surface area contributed by atoms with Crippen LogP contribution in [0.3, 0.4) is 0 Å². The molecule has 1 atom stereocenters. The van der Waals surface area contributed by atoms with E-state index in [4.69, 9.17) is 33.0 Å². The molecular formula is C21H27ClN4O2S. The highest BCUT2D eigenvalue weighted by Crippen LogP contribution is 2.28. The van der Waals surface area contributed by atoms with E-state index in [0.29, 0.717) is 10.1 Å². The molecule has 29 heavy (non-hydrogen) atoms. The number of rotatable bonds is 8. The lowest BCUT2D eigenvalue weighted by molar-refractivity contribution is 0.262. The highest BCUT2D eigenvalue weighted by molar-refractivity contribution is 7.80. The molecule has 1 fully saturated rings. The minimum absolute atomic E-state index is 0.0551. The molecule has 2 aromatic rings. The number of thiocarbonyl (C=S) groups is 1. The highest BCUT2D eigenvalue weighted by Gasteiger charge is 2.17. The molecule has 1 aliphatic heterocycles. The van der Waals surface area contributed by atoms with Gasteiger partial charge in [0, 0.05) is 23.2 Å². The molecule has 8 heteroatoms. The molecule has 0 bridgehead atoms. The second kappa shape index (κ2) is 10.6. The van der Waals surface area contributed by atoms with Crippen LogP contribution in [0.4, 0.5) is 0 Å². The van der Waals surface area contributed by atoms with Gasteiger partial charge in [0.25, 0.3) is 0 Å². The summed E-state index contributed by atoms with van der Waals surface area (Å²) in [4.78, 5) is 2.13. The van der Waals surface area contributed by atoms with Gasteiger partial charge in [-0.15, -0.1) is 0 Å². The third-order valence-corrected chi connectivity index (χ3v) is 4.98. The third-order valence-electron chi connectivity index (χ3n) is 4.52. The maximum Gasteiger partial charge on any atom is 0.184 e. The van der Waals surface area contributed by atoms with Gasteiger partial charge in [0.1, 0.15) is 17.3 Å². The number of ether oxygens (including phenoxy) is 1. The predicted molar refractivity (Wildman–Crippen MR) is 120 cm³/mol. The largest absolute Gasteiger partial charge is 0.496 e. The zero-order chi connectivity index (χ0) is 20.6. The molecule has 1 aliphatic rings. The van der Waals surface area contributed by atoms with E-state index in [1.54, 1.807) is 0 Å². The number of halogens is 1. The van der Waals surface area contributed by atoms with Crippen molar-refractivity contribution in [2.75, 3.05) is 27.2 Å². The maximum atomic E-state index is 6.12. The van der Waals surface area contributed by atoms with Crippen LogP contribution in [-0.4, -0.2) is 37.3 Å². The Morgan fingerprint density at radius 2 is 2.17 bits per heavy atom. The molecule has 0 aliphatic carbocycles. The van der Waals surface area contributed by atoms with Crippen molar-refractivity contribution in [3.63, 3.8) is 0 Å². The molecule has 6 nitrogen and oxygen atoms in total. The zero-order valence-corrected chi connectivity index (χ0v) is 18.3. The number of hydrogen-bond acceptors (Lipinski definition) is 5. The summed E-state index contributed by atoms with van der Waals surface area (Å²) in [6.45, 7) is 1.66. The fourth-order valence-electron chi connectivity index (χ4n) is 2.98. The van der Waals surface area contributed by atoms with Crippen molar-refractivity contribution >= 4 is 28.9 Å². The van der Waals surface area contributed by atoms with Crippen molar-refractivity contribution in [2.24, 2.45) is 0 Å². The first kappa shape index (κ1) is 21.6. The van der Waals surface area contributed by atoms with Crippen LogP contribution in [0.2, 0.25) is 5.02 Å². The first-order valence-electron chi connectivity index (χ1n) is 9.65. The molecular weight excluding hydrogens is 408 g/mol. The minimum Gasteiger partial charge on any atom is -0.496 e. The molecule has 1 aromatic carbocycles. The second-order valence-corrected chi connectivity index (χ2v) is 8.01. The smallest absolute Gasteiger partial charge is 0.184 e. The summed E-state index contributed by atoms with van der Waals surface area (Å²) >= 11 is 11.5. The molecule has 1 saturated heterocycles. The van der Waals surface area contributed by atoms with E-state index >= 15 is 0 Å². The summed E-state index contributed by atoms with van der Waals surface area (Å²) < 4.78 is 11.6. The van der Waals surface area contributed by atoms with Crippen LogP contribution >= 0.6 is 23.8 Å². The number of allylic oxidation sites excluding steroid dienone is 1. The highest BCUT2D eigenvalue weighted by atomic mass is 35.5. The van der Waals surface area contributed by atoms with Crippen LogP contribution in [0.15, 0.2) is 52.8 Å². The van der Waals surface area contributed by atoms with Crippen LogP contribution in [0.1, 0.15) is 31.1 Å². The fourth-order valence-corrected chi connectivity index (χ4v) is 3.29. The van der Waals surface area contributed by atoms with Crippen molar-refractivity contribution < 1.29 is 9.15 Å². The summed E-state index contributed by atoms with van der Waals surface area (Å²) in [6.07, 6.45) is 4.64. The van der Waals surface area contributed by atoms with E-state index in [2.05, 4.69) is 21.1 Å². The van der Waals surface area contributed by atoms with Crippen LogP contribution in [0.5, 0.6) is 0 Å². The molecule has 2 heterocycles. The quantitative estimate of drug-likeness (QED) is 0.425. The van der Waals surface area contributed by atoms with Gasteiger partial charge >= 0.3 is 0 Å². The summed E-state index contributed by atoms with van der Waals surface area (Å²) in [5, 5.41) is 4.21. The Hall–Kier alpha value is -2.06. The lowest BCUT2D eigenvalue weighted by Gasteiger charge is -2.20. The summed E-state index contributed by atoms with van der Waals surface area (Å²) in [5.41, 5.74) is 7.28. The Balaban J connectivity index is 1.63. The molecule has 0 saturated carbocycles. The number of nitrogens with one attached hydrogen (secondary N) is 3. The van der Waals surface area contributed by atoms with Crippen molar-refractivity contribution in [1.29, 1.82) is 0 Å². The average Bonchev–Trinajstić information content (AvgIpc) is 3.38. The van der Waals surface area contributed by atoms with Gasteiger partial charge in [0.2, 0.25) is 0 Å². The third kappa shape index (κ3) is 6.75. The van der Waals surface area contributed by atoms with Gasteiger partial charge in [-0.25, -0.2) is 5.43 Å². The monoisotopic (exact) mass is 434 g/mol. The van der Waals surface area contributed by atoms with Crippen LogP contribution in [0, 0.1) is 0 Å². The Bertz CT molecular complexity index is 845. The molecule has 0 spiro atoms. The lowest BCUT2D eigenvalue weighted by atomic mass is 10.1. The first-order valence-corrected chi connectivity index (χ1v) is 10.4. The number of benzene rings is 1. The van der Waals surface area contributed by atoms with Gasteiger partial charge < -0.3 is 19.4 Å². The van der Waals surface area contributed by atoms with E-state index in [1.165, 1.54) is 0 Å². The van der Waals surface area contributed by atoms with E-state index in [-0.39, 0.29) is 6.04 Å². The molecule has 1 aromatic heterocycles. The summed E-state index contributed by atoms with van der Waals surface area (Å²) in [6, 6.07) is 11.5. The zero-order valence-electron chi connectivity index (χ0n) is 16.7. The lowest BCUT2D eigenvalue weighted by Crippen LogP contribution is -2.44. The van der Waals surface area contributed by atoms with Crippen molar-refractivity contribution in [3.05, 3.63) is 59.1 Å². The SMILES string of the molecule is CN(C)CCC(NNC(=S)NC=C1CCCO1)c1ccc(-c2cccc(Cl)c2)o1. The van der Waals surface area contributed by atoms with E-state index in [0.717, 1.165) is 55.3 Å². The van der Waals surface area contributed by atoms with Gasteiger partial charge in [-0.1, -0.05) is 23.7 Å². The molecule has 3 N–H and O–H groups in total. The molecule has 3 rings (SSSR count). The Morgan fingerprint density at radius 1 is 1.31 bits per heavy atom. The van der Waals surface area contributed by atoms with Gasteiger partial charge in [-0.05, 0) is 70.0 Å². The summed E-state index contributed by atoms with van der Waals surface area (Å²) in [5.74, 6) is 2.54. The summed E-state index contributed by atoms with van der Waals surface area (Å²) in [7, 11) is 4.09. The van der Waals surface area contributed by atoms with Crippen LogP contribution in [-0.2, 0) is 4.74 Å². The van der Waals surface area contributed by atoms with Gasteiger partial charge in [-0.3, -0.25) is 5.43 Å². The Labute approximate surface area is 182 Å². The number of nitrogens with zero attached hydrogens (tertiary/aromatic N) is 1. The molecule has 156 valence electrons. The van der Waals surface area contributed by atoms with E-state index in [1.807, 2.05) is 56.7 Å². The minimum atomic E-state index is -0.0551. The standard InChI is InChI=1S/C21H27ClN4O2S/c1-26(2)11-10-18(24-25-21(29)23-14-17-7-4-12-27-17)20-9-8-19(28-20)15-5-3-6-16(22)13-15/h3,5-6,8-9,13-14,18,24H,4,7,10-12H2,1-2H3,(H2,23,25,29). The average molecular weight is 435 g/mol. The van der Waals surface area contributed by atoms with E-state index < -0.39 is 0 Å². The fraction of sp³-hybridized carbons (Fsp3) is 0.381. The van der Waals surface area contributed by atoms with Crippen LogP contribution in [0.25, 0.3) is 11.3 Å².